The van der Waals surface area contributed by atoms with E-state index in [1.54, 1.807) is 0 Å². The third-order valence-electron chi connectivity index (χ3n) is 4.26. The fourth-order valence-corrected chi connectivity index (χ4v) is 2.98. The Hall–Kier alpha value is -1.41. The number of rotatable bonds is 11. The number of alkyl halides is 1. The van der Waals surface area contributed by atoms with Crippen LogP contribution in [0.3, 0.4) is 0 Å². The van der Waals surface area contributed by atoms with Crippen LogP contribution in [0.4, 0.5) is 0 Å². The van der Waals surface area contributed by atoms with Gasteiger partial charge in [-0.15, -0.1) is 11.6 Å². The molecule has 0 radical (unpaired) electrons. The van der Waals surface area contributed by atoms with Gasteiger partial charge in [-0.3, -0.25) is 0 Å². The van der Waals surface area contributed by atoms with Crippen LogP contribution in [0, 0.1) is 6.92 Å². The monoisotopic (exact) mass is 348 g/mol. The van der Waals surface area contributed by atoms with Crippen molar-refractivity contribution in [1.29, 1.82) is 0 Å². The van der Waals surface area contributed by atoms with Gasteiger partial charge in [0.1, 0.15) is 11.5 Å². The van der Waals surface area contributed by atoms with Crippen LogP contribution >= 0.6 is 11.6 Å². The van der Waals surface area contributed by atoms with Gasteiger partial charge in [0.15, 0.2) is 0 Å². The van der Waals surface area contributed by atoms with E-state index in [-0.39, 0.29) is 0 Å². The first-order valence-electron chi connectivity index (χ1n) is 9.11. The van der Waals surface area contributed by atoms with Crippen LogP contribution in [0.1, 0.15) is 51.0 Å². The van der Waals surface area contributed by atoms with E-state index in [0.29, 0.717) is 0 Å². The number of hydrogen-bond donors (Lipinski definition) is 0. The highest BCUT2D eigenvalue weighted by Gasteiger charge is 2.06. The molecule has 0 aliphatic heterocycles. The van der Waals surface area contributed by atoms with Crippen molar-refractivity contribution in [2.45, 2.75) is 52.4 Å². The number of benzene rings is 2. The van der Waals surface area contributed by atoms with E-state index in [1.165, 1.54) is 29.2 Å². The van der Waals surface area contributed by atoms with Crippen LogP contribution in [-0.4, -0.2) is 19.1 Å². The minimum absolute atomic E-state index is 0.734. The zero-order valence-electron chi connectivity index (χ0n) is 14.9. The van der Waals surface area contributed by atoms with Crippen LogP contribution in [0.25, 0.3) is 10.8 Å². The molecule has 2 aromatic carbocycles. The van der Waals surface area contributed by atoms with Crippen molar-refractivity contribution < 1.29 is 9.47 Å². The summed E-state index contributed by atoms with van der Waals surface area (Å²) in [5, 5.41) is 2.43. The number of ether oxygens (including phenoxy) is 2. The normalized spacial score (nSPS) is 11.0. The Balaban J connectivity index is 1.97. The lowest BCUT2D eigenvalue weighted by atomic mass is 10.0. The van der Waals surface area contributed by atoms with Gasteiger partial charge in [0.25, 0.3) is 0 Å². The summed E-state index contributed by atoms with van der Waals surface area (Å²) in [4.78, 5) is 0. The van der Waals surface area contributed by atoms with E-state index in [2.05, 4.69) is 44.2 Å². The second kappa shape index (κ2) is 10.5. The molecule has 132 valence electrons. The Morgan fingerprint density at radius 2 is 1.67 bits per heavy atom. The summed E-state index contributed by atoms with van der Waals surface area (Å²) in [6.07, 6.45) is 6.78. The smallest absolute Gasteiger partial charge is 0.122 e. The van der Waals surface area contributed by atoms with Crippen molar-refractivity contribution in [3.05, 3.63) is 35.9 Å². The molecule has 0 unspecified atom stereocenters. The molecule has 0 aliphatic rings. The van der Waals surface area contributed by atoms with E-state index in [9.17, 15) is 0 Å². The number of unbranched alkanes of at least 4 members (excludes halogenated alkanes) is 4. The zero-order chi connectivity index (χ0) is 17.2. The Morgan fingerprint density at radius 1 is 0.875 bits per heavy atom. The quantitative estimate of drug-likeness (QED) is 0.340. The van der Waals surface area contributed by atoms with E-state index in [4.69, 9.17) is 21.1 Å². The molecule has 24 heavy (non-hydrogen) atoms. The summed E-state index contributed by atoms with van der Waals surface area (Å²) < 4.78 is 11.8. The number of hydrogen-bond acceptors (Lipinski definition) is 2. The molecule has 0 saturated carbocycles. The minimum atomic E-state index is 0.734. The van der Waals surface area contributed by atoms with Gasteiger partial charge >= 0.3 is 0 Å². The Kier molecular flexibility index (Phi) is 8.24. The Bertz CT molecular complexity index is 625. The highest BCUT2D eigenvalue weighted by Crippen LogP contribution is 2.30. The van der Waals surface area contributed by atoms with Gasteiger partial charge in [-0.2, -0.15) is 0 Å². The van der Waals surface area contributed by atoms with Crippen LogP contribution in [0.15, 0.2) is 30.3 Å². The van der Waals surface area contributed by atoms with Gasteiger partial charge < -0.3 is 9.47 Å². The second-order valence-corrected chi connectivity index (χ2v) is 6.60. The lowest BCUT2D eigenvalue weighted by molar-refractivity contribution is 0.304. The van der Waals surface area contributed by atoms with Crippen molar-refractivity contribution in [3.8, 4) is 11.5 Å². The lowest BCUT2D eigenvalue weighted by Gasteiger charge is -2.13. The lowest BCUT2D eigenvalue weighted by Crippen LogP contribution is -1.99. The zero-order valence-corrected chi connectivity index (χ0v) is 15.7. The average Bonchev–Trinajstić information content (AvgIpc) is 2.60. The van der Waals surface area contributed by atoms with Crippen molar-refractivity contribution >= 4 is 22.4 Å². The summed E-state index contributed by atoms with van der Waals surface area (Å²) in [6, 6.07) is 10.5. The largest absolute Gasteiger partial charge is 0.494 e. The molecule has 0 fully saturated rings. The van der Waals surface area contributed by atoms with Crippen molar-refractivity contribution in [1.82, 2.24) is 0 Å². The Morgan fingerprint density at radius 3 is 2.46 bits per heavy atom. The second-order valence-electron chi connectivity index (χ2n) is 6.23. The SMILES string of the molecule is CCCCCOc1ccc2cc(OCCCCCCl)ccc2c1C. The topological polar surface area (TPSA) is 18.5 Å². The third kappa shape index (κ3) is 5.59. The summed E-state index contributed by atoms with van der Waals surface area (Å²) in [5.74, 6) is 2.66. The van der Waals surface area contributed by atoms with Crippen LogP contribution < -0.4 is 9.47 Å². The molecule has 2 rings (SSSR count). The van der Waals surface area contributed by atoms with Crippen LogP contribution in [0.5, 0.6) is 11.5 Å². The van der Waals surface area contributed by atoms with Gasteiger partial charge in [-0.25, -0.2) is 0 Å². The Labute approximate surface area is 151 Å². The molecular formula is C21H29ClO2. The molecule has 2 aromatic rings. The summed E-state index contributed by atoms with van der Waals surface area (Å²) in [5.41, 5.74) is 1.21. The average molecular weight is 349 g/mol. The van der Waals surface area contributed by atoms with Crippen LogP contribution in [0.2, 0.25) is 0 Å². The number of fused-ring (bicyclic) bond motifs is 1. The highest BCUT2D eigenvalue weighted by atomic mass is 35.5. The third-order valence-corrected chi connectivity index (χ3v) is 4.53. The van der Waals surface area contributed by atoms with E-state index >= 15 is 0 Å². The standard InChI is InChI=1S/C21H29ClO2/c1-3-4-7-15-24-21-12-9-18-16-19(10-11-20(18)17(21)2)23-14-8-5-6-13-22/h9-12,16H,3-8,13-15H2,1-2H3. The number of aryl methyl sites for hydroxylation is 1. The van der Waals surface area contributed by atoms with Crippen molar-refractivity contribution in [2.75, 3.05) is 19.1 Å². The molecule has 0 saturated heterocycles. The molecule has 0 aromatic heterocycles. The molecule has 0 heterocycles. The summed E-state index contributed by atoms with van der Waals surface area (Å²) in [6.45, 7) is 5.88. The molecule has 0 aliphatic carbocycles. The molecule has 0 amide bonds. The summed E-state index contributed by atoms with van der Waals surface area (Å²) >= 11 is 5.69. The minimum Gasteiger partial charge on any atom is -0.494 e. The van der Waals surface area contributed by atoms with Gasteiger partial charge in [0.2, 0.25) is 0 Å². The van der Waals surface area contributed by atoms with Crippen molar-refractivity contribution in [2.24, 2.45) is 0 Å². The maximum atomic E-state index is 5.94. The van der Waals surface area contributed by atoms with Gasteiger partial charge in [-0.1, -0.05) is 31.9 Å². The molecule has 0 atom stereocenters. The number of halogens is 1. The maximum absolute atomic E-state index is 5.94. The molecule has 3 heteroatoms. The maximum Gasteiger partial charge on any atom is 0.122 e. The molecule has 2 nitrogen and oxygen atoms in total. The molecule has 0 bridgehead atoms. The predicted molar refractivity (Wildman–Crippen MR) is 104 cm³/mol. The molecule has 0 N–H and O–H groups in total. The first kappa shape index (κ1) is 18.9. The van der Waals surface area contributed by atoms with Crippen molar-refractivity contribution in [3.63, 3.8) is 0 Å². The van der Waals surface area contributed by atoms with E-state index in [0.717, 1.165) is 56.3 Å². The first-order chi connectivity index (χ1) is 11.8. The first-order valence-corrected chi connectivity index (χ1v) is 9.64. The van der Waals surface area contributed by atoms with Gasteiger partial charge in [-0.05, 0) is 67.1 Å². The molecular weight excluding hydrogens is 320 g/mol. The fraction of sp³-hybridized carbons (Fsp3) is 0.524. The highest BCUT2D eigenvalue weighted by molar-refractivity contribution is 6.17. The van der Waals surface area contributed by atoms with Crippen LogP contribution in [-0.2, 0) is 0 Å². The fourth-order valence-electron chi connectivity index (χ4n) is 2.79. The predicted octanol–water partition coefficient (Wildman–Crippen LogP) is 6.51. The summed E-state index contributed by atoms with van der Waals surface area (Å²) in [7, 11) is 0. The van der Waals surface area contributed by atoms with E-state index < -0.39 is 0 Å². The van der Waals surface area contributed by atoms with Gasteiger partial charge in [0.05, 0.1) is 13.2 Å². The molecule has 0 spiro atoms. The van der Waals surface area contributed by atoms with E-state index in [1.807, 2.05) is 0 Å². The van der Waals surface area contributed by atoms with Gasteiger partial charge in [0, 0.05) is 5.88 Å².